The van der Waals surface area contributed by atoms with Gasteiger partial charge in [-0.3, -0.25) is 4.79 Å². The zero-order chi connectivity index (χ0) is 20.7. The van der Waals surface area contributed by atoms with Gasteiger partial charge in [-0.05, 0) is 19.1 Å². The topological polar surface area (TPSA) is 101 Å². The van der Waals surface area contributed by atoms with Crippen molar-refractivity contribution in [2.75, 3.05) is 43.1 Å². The fourth-order valence-electron chi connectivity index (χ4n) is 3.98. The Bertz CT molecular complexity index is 1110. The van der Waals surface area contributed by atoms with Crippen molar-refractivity contribution in [2.45, 2.75) is 18.9 Å². The Hall–Kier alpha value is -3.17. The molecule has 0 bridgehead atoms. The highest BCUT2D eigenvalue weighted by Crippen LogP contribution is 2.42. The third-order valence-corrected chi connectivity index (χ3v) is 5.56. The van der Waals surface area contributed by atoms with E-state index in [1.54, 1.807) is 23.0 Å². The normalized spacial score (nSPS) is 20.8. The fourth-order valence-corrected chi connectivity index (χ4v) is 3.98. The number of aromatic nitrogens is 3. The van der Waals surface area contributed by atoms with Gasteiger partial charge in [0.05, 0.1) is 37.4 Å². The van der Waals surface area contributed by atoms with Crippen LogP contribution in [0.1, 0.15) is 22.8 Å². The summed E-state index contributed by atoms with van der Waals surface area (Å²) in [7, 11) is 0. The summed E-state index contributed by atoms with van der Waals surface area (Å²) in [6.45, 7) is 4.48. The number of amides is 1. The van der Waals surface area contributed by atoms with E-state index in [-0.39, 0.29) is 12.5 Å². The van der Waals surface area contributed by atoms with E-state index < -0.39 is 5.60 Å². The van der Waals surface area contributed by atoms with E-state index in [0.29, 0.717) is 36.5 Å². The molecular formula is C21H23N5O4. The molecule has 2 aliphatic heterocycles. The molecular weight excluding hydrogens is 386 g/mol. The van der Waals surface area contributed by atoms with Gasteiger partial charge in [0.1, 0.15) is 16.9 Å². The minimum atomic E-state index is -0.653. The van der Waals surface area contributed by atoms with Crippen molar-refractivity contribution in [2.24, 2.45) is 0 Å². The summed E-state index contributed by atoms with van der Waals surface area (Å²) in [4.78, 5) is 19.5. The monoisotopic (exact) mass is 409 g/mol. The molecule has 0 aliphatic carbocycles. The molecule has 2 aromatic heterocycles. The number of carbonyl (C=O) groups is 1. The maximum atomic E-state index is 13.1. The maximum absolute atomic E-state index is 13.1. The number of hydrogen-bond donors (Lipinski definition) is 2. The molecule has 0 spiro atoms. The molecule has 1 fully saturated rings. The van der Waals surface area contributed by atoms with E-state index >= 15 is 0 Å². The van der Waals surface area contributed by atoms with Gasteiger partial charge in [0, 0.05) is 43.5 Å². The van der Waals surface area contributed by atoms with Crippen molar-refractivity contribution < 1.29 is 19.4 Å². The summed E-state index contributed by atoms with van der Waals surface area (Å²) in [5.74, 6) is 0.464. The molecule has 1 aromatic carbocycles. The molecule has 1 atom stereocenters. The van der Waals surface area contributed by atoms with Gasteiger partial charge in [0.25, 0.3) is 5.91 Å². The summed E-state index contributed by atoms with van der Waals surface area (Å²) >= 11 is 0. The zero-order valence-electron chi connectivity index (χ0n) is 16.7. The van der Waals surface area contributed by atoms with Gasteiger partial charge in [0.2, 0.25) is 0 Å². The molecule has 9 heteroatoms. The highest BCUT2D eigenvalue weighted by Gasteiger charge is 2.35. The molecule has 9 nitrogen and oxygen atoms in total. The Balaban J connectivity index is 1.51. The minimum Gasteiger partial charge on any atom is -0.484 e. The summed E-state index contributed by atoms with van der Waals surface area (Å²) in [5, 5.41) is 17.0. The van der Waals surface area contributed by atoms with Gasteiger partial charge >= 0.3 is 0 Å². The Kier molecular flexibility index (Phi) is 4.56. The lowest BCUT2D eigenvalue weighted by Gasteiger charge is -2.31. The number of nitrogens with zero attached hydrogens (tertiary/aromatic N) is 4. The number of carbonyl (C=O) groups excluding carboxylic acids is 1. The molecule has 5 rings (SSSR count). The molecule has 3 aromatic rings. The second kappa shape index (κ2) is 7.26. The lowest BCUT2D eigenvalue weighted by atomic mass is 9.99. The molecule has 2 aliphatic rings. The zero-order valence-corrected chi connectivity index (χ0v) is 16.7. The van der Waals surface area contributed by atoms with Gasteiger partial charge in [0.15, 0.2) is 5.65 Å². The predicted octanol–water partition coefficient (Wildman–Crippen LogP) is 1.50. The SMILES string of the molecule is C[C@@]1(CO)Cc2cc(NC(=O)c3cnn4cccnc34)c(N3CCOCC3)cc2O1. The van der Waals surface area contributed by atoms with Crippen LogP contribution in [-0.2, 0) is 11.2 Å². The van der Waals surface area contributed by atoms with Crippen molar-refractivity contribution in [3.8, 4) is 5.75 Å². The largest absolute Gasteiger partial charge is 0.484 e. The number of benzene rings is 1. The number of anilines is 2. The second-order valence-corrected chi connectivity index (χ2v) is 7.86. The summed E-state index contributed by atoms with van der Waals surface area (Å²) in [6.07, 6.45) is 5.48. The van der Waals surface area contributed by atoms with Crippen LogP contribution in [0.25, 0.3) is 5.65 Å². The minimum absolute atomic E-state index is 0.0790. The molecule has 156 valence electrons. The van der Waals surface area contributed by atoms with Crippen LogP contribution in [0.15, 0.2) is 36.8 Å². The quantitative estimate of drug-likeness (QED) is 0.673. The van der Waals surface area contributed by atoms with Gasteiger partial charge in [-0.25, -0.2) is 9.50 Å². The van der Waals surface area contributed by atoms with Crippen LogP contribution in [0, 0.1) is 0 Å². The third-order valence-electron chi connectivity index (χ3n) is 5.56. The Morgan fingerprint density at radius 2 is 2.17 bits per heavy atom. The molecule has 0 saturated carbocycles. The number of fused-ring (bicyclic) bond motifs is 2. The molecule has 1 amide bonds. The highest BCUT2D eigenvalue weighted by molar-refractivity contribution is 6.09. The number of aliphatic hydroxyl groups is 1. The van der Waals surface area contributed by atoms with Crippen LogP contribution >= 0.6 is 0 Å². The smallest absolute Gasteiger partial charge is 0.261 e. The van der Waals surface area contributed by atoms with Crippen LogP contribution in [-0.4, -0.2) is 64.1 Å². The molecule has 0 unspecified atom stereocenters. The average molecular weight is 409 g/mol. The lowest BCUT2D eigenvalue weighted by molar-refractivity contribution is 0.0446. The van der Waals surface area contributed by atoms with Crippen LogP contribution < -0.4 is 15.0 Å². The van der Waals surface area contributed by atoms with Gasteiger partial charge < -0.3 is 24.8 Å². The number of hydrogen-bond acceptors (Lipinski definition) is 7. The number of nitrogens with one attached hydrogen (secondary N) is 1. The van der Waals surface area contributed by atoms with Crippen LogP contribution in [0.2, 0.25) is 0 Å². The van der Waals surface area contributed by atoms with Crippen molar-refractivity contribution in [3.05, 3.63) is 47.9 Å². The second-order valence-electron chi connectivity index (χ2n) is 7.86. The number of ether oxygens (including phenoxy) is 2. The molecule has 0 radical (unpaired) electrons. The van der Waals surface area contributed by atoms with Gasteiger partial charge in [-0.2, -0.15) is 5.10 Å². The molecule has 30 heavy (non-hydrogen) atoms. The van der Waals surface area contributed by atoms with E-state index in [4.69, 9.17) is 9.47 Å². The molecule has 1 saturated heterocycles. The van der Waals surface area contributed by atoms with E-state index in [1.165, 1.54) is 6.20 Å². The molecule has 4 heterocycles. The summed E-state index contributed by atoms with van der Waals surface area (Å²) < 4.78 is 13.1. The standard InChI is InChI=1S/C21H23N5O4/c1-21(13-27)11-14-9-16(17(10-18(14)30-21)25-5-7-29-8-6-25)24-20(28)15-12-23-26-4-2-3-22-19(15)26/h2-4,9-10,12,27H,5-8,11,13H2,1H3,(H,24,28)/t21-/m0/s1. The Morgan fingerprint density at radius 3 is 2.97 bits per heavy atom. The van der Waals surface area contributed by atoms with E-state index in [1.807, 2.05) is 19.1 Å². The molecule has 2 N–H and O–H groups in total. The van der Waals surface area contributed by atoms with Crippen molar-refractivity contribution in [1.82, 2.24) is 14.6 Å². The first-order chi connectivity index (χ1) is 14.6. The van der Waals surface area contributed by atoms with E-state index in [9.17, 15) is 9.90 Å². The summed E-state index contributed by atoms with van der Waals surface area (Å²) in [5.41, 5.74) is 2.77. The predicted molar refractivity (Wildman–Crippen MR) is 110 cm³/mol. The number of rotatable bonds is 4. The van der Waals surface area contributed by atoms with Gasteiger partial charge in [-0.1, -0.05) is 0 Å². The van der Waals surface area contributed by atoms with Crippen molar-refractivity contribution >= 4 is 22.9 Å². The highest BCUT2D eigenvalue weighted by atomic mass is 16.5. The van der Waals surface area contributed by atoms with Crippen LogP contribution in [0.4, 0.5) is 11.4 Å². The van der Waals surface area contributed by atoms with Crippen LogP contribution in [0.5, 0.6) is 5.75 Å². The first-order valence-corrected chi connectivity index (χ1v) is 9.95. The number of aliphatic hydroxyl groups excluding tert-OH is 1. The van der Waals surface area contributed by atoms with E-state index in [0.717, 1.165) is 30.1 Å². The fraction of sp³-hybridized carbons (Fsp3) is 0.381. The Labute approximate surface area is 173 Å². The first kappa shape index (κ1) is 18.8. The summed E-state index contributed by atoms with van der Waals surface area (Å²) in [6, 6.07) is 5.65. The van der Waals surface area contributed by atoms with Crippen molar-refractivity contribution in [1.29, 1.82) is 0 Å². The first-order valence-electron chi connectivity index (χ1n) is 9.95. The van der Waals surface area contributed by atoms with Gasteiger partial charge in [-0.15, -0.1) is 0 Å². The number of morpholine rings is 1. The maximum Gasteiger partial charge on any atom is 0.261 e. The van der Waals surface area contributed by atoms with Crippen molar-refractivity contribution in [3.63, 3.8) is 0 Å². The van der Waals surface area contributed by atoms with Crippen LogP contribution in [0.3, 0.4) is 0 Å². The third kappa shape index (κ3) is 3.25. The average Bonchev–Trinajstić information content (AvgIpc) is 3.34. The lowest BCUT2D eigenvalue weighted by Crippen LogP contribution is -2.36. The Morgan fingerprint density at radius 1 is 1.33 bits per heavy atom. The van der Waals surface area contributed by atoms with E-state index in [2.05, 4.69) is 20.3 Å².